The zero-order chi connectivity index (χ0) is 17.7. The van der Waals surface area contributed by atoms with Gasteiger partial charge in [-0.2, -0.15) is 0 Å². The highest BCUT2D eigenvalue weighted by atomic mass is 16.5. The van der Waals surface area contributed by atoms with Crippen LogP contribution < -0.4 is 10.2 Å². The molecule has 128 valence electrons. The van der Waals surface area contributed by atoms with E-state index in [1.54, 1.807) is 12.1 Å². The minimum Gasteiger partial charge on any atom is -0.452 e. The molecule has 0 aromatic heterocycles. The van der Waals surface area contributed by atoms with Gasteiger partial charge in [0.1, 0.15) is 0 Å². The van der Waals surface area contributed by atoms with E-state index in [-0.39, 0.29) is 48.8 Å². The van der Waals surface area contributed by atoms with Gasteiger partial charge in [0, 0.05) is 18.9 Å². The molecule has 0 unspecified atom stereocenters. The Morgan fingerprint density at radius 3 is 2.54 bits per heavy atom. The van der Waals surface area contributed by atoms with Crippen molar-refractivity contribution in [3.05, 3.63) is 29.8 Å². The summed E-state index contributed by atoms with van der Waals surface area (Å²) in [6.45, 7) is 3.41. The molecule has 0 bridgehead atoms. The van der Waals surface area contributed by atoms with Gasteiger partial charge >= 0.3 is 5.97 Å². The number of ether oxygens (including phenoxy) is 1. The van der Waals surface area contributed by atoms with E-state index in [2.05, 4.69) is 5.32 Å². The summed E-state index contributed by atoms with van der Waals surface area (Å²) in [5.74, 6) is -1.65. The summed E-state index contributed by atoms with van der Waals surface area (Å²) in [6, 6.07) is 6.06. The third-order valence-electron chi connectivity index (χ3n) is 3.75. The highest BCUT2D eigenvalue weighted by molar-refractivity contribution is 6.20. The molecule has 1 aromatic carbocycles. The Morgan fingerprint density at radius 1 is 1.25 bits per heavy atom. The molecule has 0 spiro atoms. The number of anilines is 1. The number of hydrogen-bond donors (Lipinski definition) is 1. The Kier molecular flexibility index (Phi) is 5.68. The first kappa shape index (κ1) is 17.7. The van der Waals surface area contributed by atoms with E-state index in [4.69, 9.17) is 4.74 Å². The van der Waals surface area contributed by atoms with E-state index in [0.29, 0.717) is 5.69 Å². The Bertz CT molecular complexity index is 655. The zero-order valence-electron chi connectivity index (χ0n) is 13.7. The summed E-state index contributed by atoms with van der Waals surface area (Å²) in [5.41, 5.74) is 0.511. The van der Waals surface area contributed by atoms with E-state index in [1.165, 1.54) is 12.1 Å². The number of benzene rings is 1. The normalized spacial score (nSPS) is 15.3. The van der Waals surface area contributed by atoms with Crippen molar-refractivity contribution in [3.8, 4) is 0 Å². The van der Waals surface area contributed by atoms with Crippen molar-refractivity contribution < 1.29 is 23.9 Å². The Morgan fingerprint density at radius 2 is 1.92 bits per heavy atom. The topological polar surface area (TPSA) is 92.8 Å². The smallest absolute Gasteiger partial charge is 0.338 e. The van der Waals surface area contributed by atoms with Crippen LogP contribution in [0.4, 0.5) is 5.69 Å². The first-order chi connectivity index (χ1) is 11.4. The molecule has 24 heavy (non-hydrogen) atoms. The first-order valence-electron chi connectivity index (χ1n) is 7.84. The lowest BCUT2D eigenvalue weighted by Crippen LogP contribution is -2.35. The van der Waals surface area contributed by atoms with Gasteiger partial charge in [-0.05, 0) is 31.5 Å². The second-order valence-corrected chi connectivity index (χ2v) is 5.63. The fourth-order valence-electron chi connectivity index (χ4n) is 2.27. The van der Waals surface area contributed by atoms with Crippen molar-refractivity contribution in [3.63, 3.8) is 0 Å². The molecule has 1 saturated heterocycles. The molecule has 1 N–H and O–H groups in total. The van der Waals surface area contributed by atoms with Crippen LogP contribution in [0.15, 0.2) is 24.3 Å². The minimum atomic E-state index is -0.685. The summed E-state index contributed by atoms with van der Waals surface area (Å²) < 4.78 is 4.97. The molecule has 1 heterocycles. The zero-order valence-corrected chi connectivity index (χ0v) is 13.7. The SMILES string of the molecule is CC[C@H](C)NC(=O)COC(=O)c1cccc(N2C(=O)CCC2=O)c1. The molecule has 7 heteroatoms. The summed E-state index contributed by atoms with van der Waals surface area (Å²) in [6.07, 6.45) is 1.12. The number of nitrogens with one attached hydrogen (secondary N) is 1. The van der Waals surface area contributed by atoms with Gasteiger partial charge in [-0.15, -0.1) is 0 Å². The maximum Gasteiger partial charge on any atom is 0.338 e. The van der Waals surface area contributed by atoms with E-state index < -0.39 is 5.97 Å². The first-order valence-corrected chi connectivity index (χ1v) is 7.84. The van der Waals surface area contributed by atoms with E-state index >= 15 is 0 Å². The van der Waals surface area contributed by atoms with Gasteiger partial charge in [0.2, 0.25) is 11.8 Å². The highest BCUT2D eigenvalue weighted by Gasteiger charge is 2.30. The molecule has 1 aliphatic rings. The van der Waals surface area contributed by atoms with Crippen molar-refractivity contribution in [2.45, 2.75) is 39.2 Å². The van der Waals surface area contributed by atoms with Crippen LogP contribution in [0.2, 0.25) is 0 Å². The molecule has 1 atom stereocenters. The number of nitrogens with zero attached hydrogens (tertiary/aromatic N) is 1. The number of rotatable bonds is 6. The van der Waals surface area contributed by atoms with Crippen LogP contribution in [0, 0.1) is 0 Å². The lowest BCUT2D eigenvalue weighted by molar-refractivity contribution is -0.125. The van der Waals surface area contributed by atoms with E-state index in [1.807, 2.05) is 13.8 Å². The van der Waals surface area contributed by atoms with Gasteiger partial charge in [0.05, 0.1) is 11.3 Å². The van der Waals surface area contributed by atoms with Gasteiger partial charge in [0.25, 0.3) is 5.91 Å². The van der Waals surface area contributed by atoms with Crippen molar-refractivity contribution in [2.75, 3.05) is 11.5 Å². The molecule has 0 saturated carbocycles. The monoisotopic (exact) mass is 332 g/mol. The molecule has 1 aromatic rings. The fourth-order valence-corrected chi connectivity index (χ4v) is 2.27. The standard InChI is InChI=1S/C17H20N2O5/c1-3-11(2)18-14(20)10-24-17(23)12-5-4-6-13(9-12)19-15(21)7-8-16(19)22/h4-6,9,11H,3,7-8,10H2,1-2H3,(H,18,20)/t11-/m0/s1. The van der Waals surface area contributed by atoms with Gasteiger partial charge in [-0.3, -0.25) is 19.3 Å². The lowest BCUT2D eigenvalue weighted by Gasteiger charge is -2.15. The van der Waals surface area contributed by atoms with Crippen LogP contribution in [0.1, 0.15) is 43.5 Å². The van der Waals surface area contributed by atoms with Crippen LogP contribution >= 0.6 is 0 Å². The quantitative estimate of drug-likeness (QED) is 0.628. The average Bonchev–Trinajstić information content (AvgIpc) is 2.91. The Balaban J connectivity index is 2.00. The minimum absolute atomic E-state index is 0.00622. The highest BCUT2D eigenvalue weighted by Crippen LogP contribution is 2.23. The van der Waals surface area contributed by atoms with Crippen molar-refractivity contribution >= 4 is 29.4 Å². The van der Waals surface area contributed by atoms with E-state index in [9.17, 15) is 19.2 Å². The summed E-state index contributed by atoms with van der Waals surface area (Å²) >= 11 is 0. The number of carbonyl (C=O) groups excluding carboxylic acids is 4. The molecule has 7 nitrogen and oxygen atoms in total. The van der Waals surface area contributed by atoms with Gasteiger partial charge in [-0.25, -0.2) is 4.79 Å². The van der Waals surface area contributed by atoms with Crippen LogP contribution in [-0.4, -0.2) is 36.3 Å². The van der Waals surface area contributed by atoms with Crippen LogP contribution in [0.25, 0.3) is 0 Å². The number of imide groups is 1. The number of esters is 1. The van der Waals surface area contributed by atoms with E-state index in [0.717, 1.165) is 11.3 Å². The maximum atomic E-state index is 12.0. The van der Waals surface area contributed by atoms with Crippen molar-refractivity contribution in [1.82, 2.24) is 5.32 Å². The second-order valence-electron chi connectivity index (χ2n) is 5.63. The second kappa shape index (κ2) is 7.72. The summed E-state index contributed by atoms with van der Waals surface area (Å²) in [7, 11) is 0. The predicted octanol–water partition coefficient (Wildman–Crippen LogP) is 1.41. The molecule has 3 amide bonds. The van der Waals surface area contributed by atoms with Crippen molar-refractivity contribution in [1.29, 1.82) is 0 Å². The Labute approximate surface area is 140 Å². The summed E-state index contributed by atoms with van der Waals surface area (Å²) in [4.78, 5) is 48.2. The Hall–Kier alpha value is -2.70. The molecule has 1 fully saturated rings. The van der Waals surface area contributed by atoms with Crippen LogP contribution in [0.3, 0.4) is 0 Å². The molecule has 2 rings (SSSR count). The van der Waals surface area contributed by atoms with Gasteiger partial charge in [-0.1, -0.05) is 13.0 Å². The van der Waals surface area contributed by atoms with Gasteiger partial charge in [0.15, 0.2) is 6.61 Å². The fraction of sp³-hybridized carbons (Fsp3) is 0.412. The predicted molar refractivity (Wildman–Crippen MR) is 86.3 cm³/mol. The largest absolute Gasteiger partial charge is 0.452 e. The lowest BCUT2D eigenvalue weighted by atomic mass is 10.2. The average molecular weight is 332 g/mol. The van der Waals surface area contributed by atoms with Gasteiger partial charge < -0.3 is 10.1 Å². The summed E-state index contributed by atoms with van der Waals surface area (Å²) in [5, 5.41) is 2.69. The molecule has 0 aliphatic carbocycles. The third-order valence-corrected chi connectivity index (χ3v) is 3.75. The molecule has 0 radical (unpaired) electrons. The van der Waals surface area contributed by atoms with Crippen LogP contribution in [-0.2, 0) is 19.1 Å². The number of carbonyl (C=O) groups is 4. The van der Waals surface area contributed by atoms with Crippen molar-refractivity contribution in [2.24, 2.45) is 0 Å². The van der Waals surface area contributed by atoms with Crippen LogP contribution in [0.5, 0.6) is 0 Å². The number of hydrogen-bond acceptors (Lipinski definition) is 5. The molecular weight excluding hydrogens is 312 g/mol. The maximum absolute atomic E-state index is 12.0. The third kappa shape index (κ3) is 4.18. The number of amides is 3. The molecular formula is C17H20N2O5. The molecule has 1 aliphatic heterocycles.